The number of aromatic nitrogens is 2. The number of nitrogens with one attached hydrogen (secondary N) is 3. The number of nitrogens with zero attached hydrogens (tertiary/aromatic N) is 1. The Balaban J connectivity index is 1.61. The summed E-state index contributed by atoms with van der Waals surface area (Å²) in [5, 5.41) is 6.20. The van der Waals surface area contributed by atoms with Crippen molar-refractivity contribution in [1.29, 1.82) is 0 Å². The largest absolute Gasteiger partial charge is 0.348 e. The summed E-state index contributed by atoms with van der Waals surface area (Å²) in [6.45, 7) is 2.61. The molecule has 0 fully saturated rings. The van der Waals surface area contributed by atoms with E-state index in [4.69, 9.17) is 11.6 Å². The molecule has 0 unspecified atom stereocenters. The van der Waals surface area contributed by atoms with Gasteiger partial charge >= 0.3 is 6.03 Å². The summed E-state index contributed by atoms with van der Waals surface area (Å²) >= 11 is 7.51. The highest BCUT2D eigenvalue weighted by molar-refractivity contribution is 7.98. The van der Waals surface area contributed by atoms with E-state index in [-0.39, 0.29) is 6.03 Å². The molecule has 2 rings (SSSR count). The van der Waals surface area contributed by atoms with E-state index >= 15 is 0 Å². The zero-order valence-corrected chi connectivity index (χ0v) is 13.2. The van der Waals surface area contributed by atoms with Crippen molar-refractivity contribution in [3.8, 4) is 0 Å². The van der Waals surface area contributed by atoms with Crippen molar-refractivity contribution in [2.45, 2.75) is 12.7 Å². The molecule has 0 saturated heterocycles. The molecular formula is C14H17ClN4OS. The predicted octanol–water partition coefficient (Wildman–Crippen LogP) is 3.43. The van der Waals surface area contributed by atoms with Crippen LogP contribution in [-0.2, 0) is 5.75 Å². The summed E-state index contributed by atoms with van der Waals surface area (Å²) in [6, 6.07) is 6.78. The van der Waals surface area contributed by atoms with Crippen molar-refractivity contribution in [3.05, 3.63) is 47.0 Å². The number of anilines is 1. The molecule has 0 bridgehead atoms. The fourth-order valence-electron chi connectivity index (χ4n) is 1.65. The zero-order valence-electron chi connectivity index (χ0n) is 11.6. The van der Waals surface area contributed by atoms with Crippen LogP contribution >= 0.6 is 23.4 Å². The lowest BCUT2D eigenvalue weighted by Crippen LogP contribution is -2.30. The van der Waals surface area contributed by atoms with Crippen LogP contribution in [0.5, 0.6) is 0 Å². The summed E-state index contributed by atoms with van der Waals surface area (Å²) < 4.78 is 0. The standard InChI is InChI=1S/C14H17ClN4OS/c1-10-13(18-9-17-10)8-21-7-6-16-14(20)19-12-4-2-11(15)3-5-12/h2-5,9H,6-8H2,1H3,(H,17,18)(H2,16,19,20). The third-order valence-corrected chi connectivity index (χ3v) is 4.03. The van der Waals surface area contributed by atoms with Gasteiger partial charge in [-0.1, -0.05) is 11.6 Å². The monoisotopic (exact) mass is 324 g/mol. The number of H-pyrrole nitrogens is 1. The average molecular weight is 325 g/mol. The normalized spacial score (nSPS) is 10.4. The molecule has 5 nitrogen and oxygen atoms in total. The smallest absolute Gasteiger partial charge is 0.319 e. The molecule has 1 heterocycles. The van der Waals surface area contributed by atoms with E-state index in [2.05, 4.69) is 20.6 Å². The Morgan fingerprint density at radius 1 is 1.38 bits per heavy atom. The lowest BCUT2D eigenvalue weighted by Gasteiger charge is -2.07. The second-order valence-corrected chi connectivity index (χ2v) is 5.96. The minimum Gasteiger partial charge on any atom is -0.348 e. The number of rotatable bonds is 6. The highest BCUT2D eigenvalue weighted by atomic mass is 35.5. The van der Waals surface area contributed by atoms with E-state index in [9.17, 15) is 4.79 Å². The third-order valence-electron chi connectivity index (χ3n) is 2.81. The number of carbonyl (C=O) groups excluding carboxylic acids is 1. The molecule has 2 amide bonds. The van der Waals surface area contributed by atoms with E-state index in [1.54, 1.807) is 42.4 Å². The second-order valence-electron chi connectivity index (χ2n) is 4.41. The van der Waals surface area contributed by atoms with Gasteiger partial charge in [0.2, 0.25) is 0 Å². The van der Waals surface area contributed by atoms with Crippen LogP contribution < -0.4 is 10.6 Å². The SMILES string of the molecule is Cc1[nH]cnc1CSCCNC(=O)Nc1ccc(Cl)cc1. The Bertz CT molecular complexity index is 585. The van der Waals surface area contributed by atoms with Gasteiger partial charge in [0.1, 0.15) is 0 Å². The van der Waals surface area contributed by atoms with Gasteiger partial charge in [-0.3, -0.25) is 0 Å². The number of hydrogen-bond donors (Lipinski definition) is 3. The molecule has 0 aliphatic heterocycles. The van der Waals surface area contributed by atoms with Gasteiger partial charge in [0.05, 0.1) is 12.0 Å². The molecule has 0 aliphatic rings. The predicted molar refractivity (Wildman–Crippen MR) is 88.0 cm³/mol. The van der Waals surface area contributed by atoms with Crippen molar-refractivity contribution >= 4 is 35.1 Å². The van der Waals surface area contributed by atoms with Crippen molar-refractivity contribution in [2.75, 3.05) is 17.6 Å². The third kappa shape index (κ3) is 5.32. The van der Waals surface area contributed by atoms with E-state index in [0.29, 0.717) is 11.6 Å². The lowest BCUT2D eigenvalue weighted by molar-refractivity contribution is 0.252. The first kappa shape index (κ1) is 15.7. The van der Waals surface area contributed by atoms with Gasteiger partial charge in [-0.25, -0.2) is 9.78 Å². The summed E-state index contributed by atoms with van der Waals surface area (Å²) in [7, 11) is 0. The summed E-state index contributed by atoms with van der Waals surface area (Å²) in [5.41, 5.74) is 2.87. The van der Waals surface area contributed by atoms with Crippen molar-refractivity contribution in [1.82, 2.24) is 15.3 Å². The molecule has 0 atom stereocenters. The maximum Gasteiger partial charge on any atom is 0.319 e. The first-order valence-corrected chi connectivity index (χ1v) is 8.05. The Labute approximate surface area is 132 Å². The van der Waals surface area contributed by atoms with Gasteiger partial charge < -0.3 is 15.6 Å². The number of aromatic amines is 1. The number of thioether (sulfide) groups is 1. The molecule has 112 valence electrons. The van der Waals surface area contributed by atoms with Gasteiger partial charge in [0, 0.05) is 34.5 Å². The maximum atomic E-state index is 11.7. The molecule has 0 aliphatic carbocycles. The molecule has 1 aromatic carbocycles. The van der Waals surface area contributed by atoms with E-state index in [0.717, 1.165) is 28.6 Å². The Morgan fingerprint density at radius 3 is 2.81 bits per heavy atom. The summed E-state index contributed by atoms with van der Waals surface area (Å²) in [5.74, 6) is 1.68. The molecule has 0 radical (unpaired) electrons. The fraction of sp³-hybridized carbons (Fsp3) is 0.286. The number of amides is 2. The number of imidazole rings is 1. The van der Waals surface area contributed by atoms with Gasteiger partial charge in [0.15, 0.2) is 0 Å². The minimum absolute atomic E-state index is 0.214. The van der Waals surface area contributed by atoms with Gasteiger partial charge in [-0.15, -0.1) is 0 Å². The van der Waals surface area contributed by atoms with E-state index in [1.165, 1.54) is 0 Å². The van der Waals surface area contributed by atoms with Gasteiger partial charge in [0.25, 0.3) is 0 Å². The van der Waals surface area contributed by atoms with Crippen molar-refractivity contribution < 1.29 is 4.79 Å². The minimum atomic E-state index is -0.214. The van der Waals surface area contributed by atoms with Crippen LogP contribution in [-0.4, -0.2) is 28.3 Å². The quantitative estimate of drug-likeness (QED) is 0.713. The highest BCUT2D eigenvalue weighted by Gasteiger charge is 2.03. The first-order valence-electron chi connectivity index (χ1n) is 6.52. The molecular weight excluding hydrogens is 308 g/mol. The molecule has 2 aromatic rings. The first-order chi connectivity index (χ1) is 10.1. The topological polar surface area (TPSA) is 69.8 Å². The lowest BCUT2D eigenvalue weighted by atomic mass is 10.3. The molecule has 3 N–H and O–H groups in total. The summed E-state index contributed by atoms with van der Waals surface area (Å²) in [6.07, 6.45) is 1.70. The van der Waals surface area contributed by atoms with E-state index < -0.39 is 0 Å². The Hall–Kier alpha value is -1.66. The number of carbonyl (C=O) groups is 1. The molecule has 1 aromatic heterocycles. The van der Waals surface area contributed by atoms with Crippen LogP contribution in [0.3, 0.4) is 0 Å². The van der Waals surface area contributed by atoms with Crippen LogP contribution in [0.1, 0.15) is 11.4 Å². The van der Waals surface area contributed by atoms with Gasteiger partial charge in [-0.05, 0) is 31.2 Å². The number of aryl methyl sites for hydroxylation is 1. The Morgan fingerprint density at radius 2 is 2.14 bits per heavy atom. The number of urea groups is 1. The van der Waals surface area contributed by atoms with Crippen LogP contribution in [0, 0.1) is 6.92 Å². The van der Waals surface area contributed by atoms with Crippen molar-refractivity contribution in [3.63, 3.8) is 0 Å². The number of halogens is 1. The summed E-state index contributed by atoms with van der Waals surface area (Å²) in [4.78, 5) is 18.9. The molecule has 0 saturated carbocycles. The van der Waals surface area contributed by atoms with Crippen molar-refractivity contribution in [2.24, 2.45) is 0 Å². The van der Waals surface area contributed by atoms with Gasteiger partial charge in [-0.2, -0.15) is 11.8 Å². The molecule has 7 heteroatoms. The highest BCUT2D eigenvalue weighted by Crippen LogP contribution is 2.13. The van der Waals surface area contributed by atoms with Crippen LogP contribution in [0.4, 0.5) is 10.5 Å². The second kappa shape index (κ2) is 7.95. The number of benzene rings is 1. The maximum absolute atomic E-state index is 11.7. The fourth-order valence-corrected chi connectivity index (χ4v) is 2.65. The molecule has 0 spiro atoms. The van der Waals surface area contributed by atoms with Crippen LogP contribution in [0.15, 0.2) is 30.6 Å². The van der Waals surface area contributed by atoms with E-state index in [1.807, 2.05) is 6.92 Å². The van der Waals surface area contributed by atoms with Crippen LogP contribution in [0.25, 0.3) is 0 Å². The molecule has 21 heavy (non-hydrogen) atoms. The van der Waals surface area contributed by atoms with Crippen LogP contribution in [0.2, 0.25) is 5.02 Å². The Kier molecular flexibility index (Phi) is 5.95. The average Bonchev–Trinajstić information content (AvgIpc) is 2.87. The number of hydrogen-bond acceptors (Lipinski definition) is 3. The zero-order chi connectivity index (χ0) is 15.1.